The summed E-state index contributed by atoms with van der Waals surface area (Å²) in [6.45, 7) is 2.73. The van der Waals surface area contributed by atoms with Crippen LogP contribution in [0, 0.1) is 6.92 Å². The number of benzene rings is 1. The Morgan fingerprint density at radius 2 is 1.87 bits per heavy atom. The first kappa shape index (κ1) is 21.6. The highest BCUT2D eigenvalue weighted by molar-refractivity contribution is 5.85. The normalized spacial score (nSPS) is 18.1. The van der Waals surface area contributed by atoms with Gasteiger partial charge in [-0.2, -0.15) is 0 Å². The number of aromatic nitrogens is 4. The molecule has 8 nitrogen and oxygen atoms in total. The number of nitrogens with two attached hydrogens (primary N) is 1. The highest BCUT2D eigenvalue weighted by Gasteiger charge is 2.34. The maximum atomic E-state index is 12.9. The minimum Gasteiger partial charge on any atom is -0.340 e. The van der Waals surface area contributed by atoms with E-state index in [0.29, 0.717) is 30.2 Å². The zero-order chi connectivity index (χ0) is 20.4. The van der Waals surface area contributed by atoms with Gasteiger partial charge in [0, 0.05) is 48.7 Å². The number of amides is 1. The van der Waals surface area contributed by atoms with Crippen molar-refractivity contribution in [1.82, 2.24) is 24.8 Å². The van der Waals surface area contributed by atoms with Crippen LogP contribution in [0.5, 0.6) is 0 Å². The predicted octanol–water partition coefficient (Wildman–Crippen LogP) is 1.45. The van der Waals surface area contributed by atoms with E-state index in [1.165, 1.54) is 0 Å². The minimum atomic E-state index is -0.351. The van der Waals surface area contributed by atoms with Crippen molar-refractivity contribution in [2.24, 2.45) is 5.73 Å². The maximum absolute atomic E-state index is 12.9. The van der Waals surface area contributed by atoms with Crippen molar-refractivity contribution in [3.8, 4) is 11.6 Å². The van der Waals surface area contributed by atoms with E-state index >= 15 is 0 Å². The number of nitrogens with zero attached hydrogens (tertiary/aromatic N) is 4. The Morgan fingerprint density at radius 3 is 2.53 bits per heavy atom. The summed E-state index contributed by atoms with van der Waals surface area (Å²) in [5.74, 6) is 0.590. The van der Waals surface area contributed by atoms with Gasteiger partial charge in [-0.1, -0.05) is 30.3 Å². The number of halogens is 1. The molecule has 4 rings (SSSR count). The number of hydrogen-bond acceptors (Lipinski definition) is 6. The Labute approximate surface area is 180 Å². The molecule has 30 heavy (non-hydrogen) atoms. The van der Waals surface area contributed by atoms with Crippen molar-refractivity contribution >= 4 is 18.3 Å². The van der Waals surface area contributed by atoms with Crippen molar-refractivity contribution in [2.75, 3.05) is 13.1 Å². The number of carbonyl (C=O) groups excluding carboxylic acids is 1. The molecule has 0 aliphatic carbocycles. The fourth-order valence-corrected chi connectivity index (χ4v) is 3.69. The van der Waals surface area contributed by atoms with Crippen molar-refractivity contribution in [3.05, 3.63) is 76.0 Å². The first-order valence-corrected chi connectivity index (χ1v) is 9.48. The van der Waals surface area contributed by atoms with Crippen molar-refractivity contribution in [3.63, 3.8) is 0 Å². The number of nitrogens with one attached hydrogen (secondary N) is 1. The zero-order valence-electron chi connectivity index (χ0n) is 16.5. The molecule has 0 saturated carbocycles. The average Bonchev–Trinajstić information content (AvgIpc) is 3.13. The molecule has 0 radical (unpaired) electrons. The van der Waals surface area contributed by atoms with Gasteiger partial charge < -0.3 is 15.6 Å². The summed E-state index contributed by atoms with van der Waals surface area (Å²) in [6, 6.07) is 11.5. The molecule has 156 valence electrons. The summed E-state index contributed by atoms with van der Waals surface area (Å²) in [4.78, 5) is 42.4. The summed E-state index contributed by atoms with van der Waals surface area (Å²) >= 11 is 0. The van der Waals surface area contributed by atoms with Crippen LogP contribution in [0.4, 0.5) is 0 Å². The average molecular weight is 427 g/mol. The number of hydrogen-bond donors (Lipinski definition) is 2. The van der Waals surface area contributed by atoms with E-state index in [9.17, 15) is 9.59 Å². The number of carbonyl (C=O) groups is 1. The predicted molar refractivity (Wildman–Crippen MR) is 115 cm³/mol. The maximum Gasteiger partial charge on any atom is 0.255 e. The Morgan fingerprint density at radius 1 is 1.17 bits per heavy atom. The molecule has 1 amide bonds. The molecule has 3 aromatic rings. The molecular formula is C21H23ClN6O2. The van der Waals surface area contributed by atoms with E-state index < -0.39 is 0 Å². The van der Waals surface area contributed by atoms with E-state index in [0.717, 1.165) is 5.56 Å². The topological polar surface area (TPSA) is 118 Å². The molecule has 1 fully saturated rings. The Balaban J connectivity index is 0.00000256. The molecule has 0 bridgehead atoms. The van der Waals surface area contributed by atoms with Gasteiger partial charge in [-0.05, 0) is 18.6 Å². The van der Waals surface area contributed by atoms with Crippen LogP contribution in [-0.4, -0.2) is 49.9 Å². The summed E-state index contributed by atoms with van der Waals surface area (Å²) in [5.41, 5.74) is 7.91. The van der Waals surface area contributed by atoms with E-state index in [4.69, 9.17) is 5.73 Å². The lowest BCUT2D eigenvalue weighted by atomic mass is 9.95. The molecule has 3 N–H and O–H groups in total. The summed E-state index contributed by atoms with van der Waals surface area (Å²) < 4.78 is 0. The fourth-order valence-electron chi connectivity index (χ4n) is 3.69. The SMILES string of the molecule is Cc1nc(-c2ncccn2)[nH]c(=O)c1CC(=O)N1C[C@@H](N)[C@H](c2ccccc2)C1.Cl. The van der Waals surface area contributed by atoms with Gasteiger partial charge in [-0.3, -0.25) is 9.59 Å². The second-order valence-corrected chi connectivity index (χ2v) is 7.21. The molecule has 1 aromatic carbocycles. The quantitative estimate of drug-likeness (QED) is 0.652. The number of aromatic amines is 1. The van der Waals surface area contributed by atoms with Gasteiger partial charge in [-0.15, -0.1) is 12.4 Å². The van der Waals surface area contributed by atoms with Gasteiger partial charge in [0.15, 0.2) is 11.6 Å². The van der Waals surface area contributed by atoms with Gasteiger partial charge in [0.25, 0.3) is 5.56 Å². The molecule has 9 heteroatoms. The van der Waals surface area contributed by atoms with Crippen molar-refractivity contribution in [1.29, 1.82) is 0 Å². The molecular weight excluding hydrogens is 404 g/mol. The number of H-pyrrole nitrogens is 1. The fraction of sp³-hybridized carbons (Fsp3) is 0.286. The molecule has 0 unspecified atom stereocenters. The van der Waals surface area contributed by atoms with Gasteiger partial charge in [-0.25, -0.2) is 15.0 Å². The van der Waals surface area contributed by atoms with Crippen LogP contribution in [-0.2, 0) is 11.2 Å². The van der Waals surface area contributed by atoms with Gasteiger partial charge >= 0.3 is 0 Å². The number of rotatable bonds is 4. The lowest BCUT2D eigenvalue weighted by Crippen LogP contribution is -2.34. The Kier molecular flexibility index (Phi) is 6.59. The lowest BCUT2D eigenvalue weighted by molar-refractivity contribution is -0.129. The number of likely N-dealkylation sites (tertiary alicyclic amines) is 1. The van der Waals surface area contributed by atoms with Crippen LogP contribution in [0.25, 0.3) is 11.6 Å². The molecule has 0 spiro atoms. The monoisotopic (exact) mass is 426 g/mol. The molecule has 1 aliphatic heterocycles. The van der Waals surface area contributed by atoms with Gasteiger partial charge in [0.2, 0.25) is 5.91 Å². The van der Waals surface area contributed by atoms with Crippen molar-refractivity contribution < 1.29 is 4.79 Å². The van der Waals surface area contributed by atoms with E-state index in [1.807, 2.05) is 30.3 Å². The highest BCUT2D eigenvalue weighted by atomic mass is 35.5. The first-order valence-electron chi connectivity index (χ1n) is 9.48. The second-order valence-electron chi connectivity index (χ2n) is 7.21. The Bertz CT molecular complexity index is 1070. The van der Waals surface area contributed by atoms with Gasteiger partial charge in [0.05, 0.1) is 6.42 Å². The smallest absolute Gasteiger partial charge is 0.255 e. The lowest BCUT2D eigenvalue weighted by Gasteiger charge is -2.17. The molecule has 1 aliphatic rings. The van der Waals surface area contributed by atoms with Crippen LogP contribution < -0.4 is 11.3 Å². The molecule has 3 heterocycles. The molecule has 1 saturated heterocycles. The number of aryl methyl sites for hydroxylation is 1. The van der Waals surface area contributed by atoms with Crippen LogP contribution in [0.1, 0.15) is 22.7 Å². The van der Waals surface area contributed by atoms with E-state index in [-0.39, 0.29) is 48.1 Å². The molecule has 2 aromatic heterocycles. The van der Waals surface area contributed by atoms with Crippen LogP contribution in [0.2, 0.25) is 0 Å². The van der Waals surface area contributed by atoms with Crippen LogP contribution in [0.15, 0.2) is 53.6 Å². The van der Waals surface area contributed by atoms with Gasteiger partial charge in [0.1, 0.15) is 0 Å². The summed E-state index contributed by atoms with van der Waals surface area (Å²) in [5, 5.41) is 0. The Hall–Kier alpha value is -3.10. The third kappa shape index (κ3) is 4.39. The highest BCUT2D eigenvalue weighted by Crippen LogP contribution is 2.26. The zero-order valence-corrected chi connectivity index (χ0v) is 17.3. The van der Waals surface area contributed by atoms with Crippen molar-refractivity contribution in [2.45, 2.75) is 25.3 Å². The second kappa shape index (κ2) is 9.15. The summed E-state index contributed by atoms with van der Waals surface area (Å²) in [6.07, 6.45) is 3.14. The molecule has 2 atom stereocenters. The summed E-state index contributed by atoms with van der Waals surface area (Å²) in [7, 11) is 0. The van der Waals surface area contributed by atoms with Crippen LogP contribution in [0.3, 0.4) is 0 Å². The standard InChI is InChI=1S/C21H22N6O2.ClH/c1-13-15(21(29)26-20(25-13)19-23-8-5-9-24-19)10-18(28)27-11-16(17(22)12-27)14-6-3-2-4-7-14;/h2-9,16-17H,10-12,22H2,1H3,(H,25,26,29);1H/t16-,17+;/m0./s1. The third-order valence-electron chi connectivity index (χ3n) is 5.27. The third-order valence-corrected chi connectivity index (χ3v) is 5.27. The van der Waals surface area contributed by atoms with E-state index in [2.05, 4.69) is 19.9 Å². The van der Waals surface area contributed by atoms with E-state index in [1.54, 1.807) is 30.3 Å². The largest absolute Gasteiger partial charge is 0.340 e. The minimum absolute atomic E-state index is 0. The first-order chi connectivity index (χ1) is 14.0. The van der Waals surface area contributed by atoms with Crippen LogP contribution >= 0.6 is 12.4 Å².